The third-order valence-electron chi connectivity index (χ3n) is 3.41. The third-order valence-corrected chi connectivity index (χ3v) is 4.44. The Kier molecular flexibility index (Phi) is 5.83. The van der Waals surface area contributed by atoms with Crippen molar-refractivity contribution in [3.05, 3.63) is 52.4 Å². The van der Waals surface area contributed by atoms with Gasteiger partial charge in [-0.2, -0.15) is 0 Å². The van der Waals surface area contributed by atoms with E-state index in [4.69, 9.17) is 10.5 Å². The minimum atomic E-state index is -0.499. The maximum atomic E-state index is 12.1. The van der Waals surface area contributed by atoms with E-state index in [9.17, 15) is 4.79 Å². The second-order valence-corrected chi connectivity index (χ2v) is 7.85. The highest BCUT2D eigenvalue weighted by Gasteiger charge is 2.21. The Balaban J connectivity index is 1.85. The third kappa shape index (κ3) is 5.71. The Morgan fingerprint density at radius 3 is 2.43 bits per heavy atom. The summed E-state index contributed by atoms with van der Waals surface area (Å²) in [7, 11) is 0. The number of aryl methyl sites for hydroxylation is 2. The second-order valence-electron chi connectivity index (χ2n) is 6.69. The molecule has 0 saturated carbocycles. The standard InChI is InChI=1S/C19H25NO2S/c1-19(2,3)22-18(21)16-13-15(23-17(16)20)12-8-7-11-14-9-5-4-6-10-14/h4-6,9-10,13H,7-8,11-12,20H2,1-3H3. The van der Waals surface area contributed by atoms with Gasteiger partial charge in [-0.1, -0.05) is 30.3 Å². The SMILES string of the molecule is CC(C)(C)OC(=O)c1cc(CCCCc2ccccc2)sc1N. The van der Waals surface area contributed by atoms with Crippen LogP contribution in [0.2, 0.25) is 0 Å². The molecule has 1 heterocycles. The van der Waals surface area contributed by atoms with Gasteiger partial charge in [-0.05, 0) is 58.1 Å². The van der Waals surface area contributed by atoms with Crippen LogP contribution in [-0.4, -0.2) is 11.6 Å². The van der Waals surface area contributed by atoms with E-state index in [0.717, 1.165) is 30.6 Å². The van der Waals surface area contributed by atoms with E-state index < -0.39 is 5.60 Å². The van der Waals surface area contributed by atoms with Crippen LogP contribution >= 0.6 is 11.3 Å². The Bertz CT molecular complexity index is 641. The van der Waals surface area contributed by atoms with Gasteiger partial charge in [0.1, 0.15) is 10.6 Å². The van der Waals surface area contributed by atoms with E-state index in [1.165, 1.54) is 16.9 Å². The van der Waals surface area contributed by atoms with Crippen LogP contribution in [0.1, 0.15) is 54.4 Å². The summed E-state index contributed by atoms with van der Waals surface area (Å²) in [5, 5.41) is 0.553. The molecule has 124 valence electrons. The summed E-state index contributed by atoms with van der Waals surface area (Å²) >= 11 is 1.49. The predicted molar refractivity (Wildman–Crippen MR) is 97.0 cm³/mol. The minimum absolute atomic E-state index is 0.332. The van der Waals surface area contributed by atoms with Crippen molar-refractivity contribution in [2.45, 2.75) is 52.1 Å². The number of rotatable bonds is 6. The van der Waals surface area contributed by atoms with Crippen LogP contribution in [0.15, 0.2) is 36.4 Å². The first-order valence-electron chi connectivity index (χ1n) is 8.00. The molecule has 0 saturated heterocycles. The highest BCUT2D eigenvalue weighted by Crippen LogP contribution is 2.28. The first-order chi connectivity index (χ1) is 10.8. The Labute approximate surface area is 142 Å². The van der Waals surface area contributed by atoms with Gasteiger partial charge in [-0.25, -0.2) is 4.79 Å². The van der Waals surface area contributed by atoms with Gasteiger partial charge in [0.05, 0.1) is 5.56 Å². The fourth-order valence-corrected chi connectivity index (χ4v) is 3.30. The maximum Gasteiger partial charge on any atom is 0.341 e. The van der Waals surface area contributed by atoms with E-state index in [0.29, 0.717) is 10.6 Å². The molecule has 0 fully saturated rings. The van der Waals surface area contributed by atoms with E-state index in [2.05, 4.69) is 24.3 Å². The summed E-state index contributed by atoms with van der Waals surface area (Å²) in [5.74, 6) is -0.332. The Morgan fingerprint density at radius 2 is 1.78 bits per heavy atom. The largest absolute Gasteiger partial charge is 0.456 e. The van der Waals surface area contributed by atoms with Crippen molar-refractivity contribution in [3.63, 3.8) is 0 Å². The lowest BCUT2D eigenvalue weighted by Gasteiger charge is -2.19. The van der Waals surface area contributed by atoms with E-state index >= 15 is 0 Å². The molecule has 0 atom stereocenters. The number of esters is 1. The van der Waals surface area contributed by atoms with Gasteiger partial charge in [0.2, 0.25) is 0 Å². The van der Waals surface area contributed by atoms with Crippen LogP contribution in [0.3, 0.4) is 0 Å². The number of carbonyl (C=O) groups is 1. The van der Waals surface area contributed by atoms with Crippen LogP contribution in [0.5, 0.6) is 0 Å². The van der Waals surface area contributed by atoms with Crippen LogP contribution in [-0.2, 0) is 17.6 Å². The lowest BCUT2D eigenvalue weighted by molar-refractivity contribution is 0.00712. The van der Waals surface area contributed by atoms with Crippen molar-refractivity contribution in [2.75, 3.05) is 5.73 Å². The quantitative estimate of drug-likeness (QED) is 0.608. The van der Waals surface area contributed by atoms with Crippen LogP contribution in [0, 0.1) is 0 Å². The average Bonchev–Trinajstić information content (AvgIpc) is 2.84. The topological polar surface area (TPSA) is 52.3 Å². The number of hydrogen-bond donors (Lipinski definition) is 1. The van der Waals surface area contributed by atoms with Crippen molar-refractivity contribution in [3.8, 4) is 0 Å². The van der Waals surface area contributed by atoms with Gasteiger partial charge in [-0.3, -0.25) is 0 Å². The number of anilines is 1. The molecule has 2 aromatic rings. The molecule has 0 aliphatic rings. The number of benzene rings is 1. The number of nitrogen functional groups attached to an aromatic ring is 1. The molecule has 0 amide bonds. The zero-order valence-corrected chi connectivity index (χ0v) is 14.9. The highest BCUT2D eigenvalue weighted by molar-refractivity contribution is 7.16. The number of unbranched alkanes of at least 4 members (excludes halogenated alkanes) is 1. The summed E-state index contributed by atoms with van der Waals surface area (Å²) in [6.45, 7) is 5.58. The van der Waals surface area contributed by atoms with Crippen molar-refractivity contribution in [1.29, 1.82) is 0 Å². The molecular formula is C19H25NO2S. The molecule has 2 N–H and O–H groups in total. The summed E-state index contributed by atoms with van der Waals surface area (Å²) in [6, 6.07) is 12.4. The molecule has 1 aromatic carbocycles. The molecule has 1 aromatic heterocycles. The molecule has 0 spiro atoms. The monoisotopic (exact) mass is 331 g/mol. The van der Waals surface area contributed by atoms with E-state index in [1.807, 2.05) is 32.9 Å². The second kappa shape index (κ2) is 7.64. The van der Waals surface area contributed by atoms with E-state index in [-0.39, 0.29) is 5.97 Å². The van der Waals surface area contributed by atoms with Gasteiger partial charge in [0.25, 0.3) is 0 Å². The molecular weight excluding hydrogens is 306 g/mol. The first-order valence-corrected chi connectivity index (χ1v) is 8.82. The number of ether oxygens (including phenoxy) is 1. The van der Waals surface area contributed by atoms with Crippen LogP contribution in [0.25, 0.3) is 0 Å². The lowest BCUT2D eigenvalue weighted by Crippen LogP contribution is -2.24. The summed E-state index contributed by atoms with van der Waals surface area (Å²) in [4.78, 5) is 13.3. The minimum Gasteiger partial charge on any atom is -0.456 e. The van der Waals surface area contributed by atoms with Crippen LogP contribution in [0.4, 0.5) is 5.00 Å². The van der Waals surface area contributed by atoms with Gasteiger partial charge in [0, 0.05) is 4.88 Å². The smallest absolute Gasteiger partial charge is 0.341 e. The zero-order chi connectivity index (χ0) is 16.9. The molecule has 23 heavy (non-hydrogen) atoms. The molecule has 0 unspecified atom stereocenters. The van der Waals surface area contributed by atoms with Crippen molar-refractivity contribution >= 4 is 22.3 Å². The summed E-state index contributed by atoms with van der Waals surface area (Å²) in [6.07, 6.45) is 4.25. The predicted octanol–water partition coefficient (Wildman–Crippen LogP) is 4.85. The van der Waals surface area contributed by atoms with Crippen molar-refractivity contribution < 1.29 is 9.53 Å². The molecule has 0 aliphatic heterocycles. The Morgan fingerprint density at radius 1 is 1.13 bits per heavy atom. The molecule has 2 rings (SSSR count). The fraction of sp³-hybridized carbons (Fsp3) is 0.421. The lowest BCUT2D eigenvalue weighted by atomic mass is 10.1. The number of nitrogens with two attached hydrogens (primary N) is 1. The maximum absolute atomic E-state index is 12.1. The number of carbonyl (C=O) groups excluding carboxylic acids is 1. The van der Waals surface area contributed by atoms with Crippen molar-refractivity contribution in [1.82, 2.24) is 0 Å². The van der Waals surface area contributed by atoms with E-state index in [1.54, 1.807) is 0 Å². The number of hydrogen-bond acceptors (Lipinski definition) is 4. The van der Waals surface area contributed by atoms with Crippen molar-refractivity contribution in [2.24, 2.45) is 0 Å². The van der Waals surface area contributed by atoms with Gasteiger partial charge >= 0.3 is 5.97 Å². The normalized spacial score (nSPS) is 11.4. The Hall–Kier alpha value is -1.81. The summed E-state index contributed by atoms with van der Waals surface area (Å²) in [5.41, 5.74) is 7.35. The molecule has 3 nitrogen and oxygen atoms in total. The van der Waals surface area contributed by atoms with Gasteiger partial charge in [0.15, 0.2) is 0 Å². The average molecular weight is 331 g/mol. The van der Waals surface area contributed by atoms with Gasteiger partial charge < -0.3 is 10.5 Å². The molecule has 0 bridgehead atoms. The molecule has 4 heteroatoms. The highest BCUT2D eigenvalue weighted by atomic mass is 32.1. The first kappa shape index (κ1) is 17.5. The zero-order valence-electron chi connectivity index (χ0n) is 14.1. The summed E-state index contributed by atoms with van der Waals surface area (Å²) < 4.78 is 5.39. The van der Waals surface area contributed by atoms with Gasteiger partial charge in [-0.15, -0.1) is 11.3 Å². The number of thiophene rings is 1. The molecule has 0 aliphatic carbocycles. The van der Waals surface area contributed by atoms with Crippen LogP contribution < -0.4 is 5.73 Å². The fourth-order valence-electron chi connectivity index (χ4n) is 2.35. The molecule has 0 radical (unpaired) electrons.